The maximum absolute atomic E-state index is 12.3. The van der Waals surface area contributed by atoms with Crippen LogP contribution in [-0.2, 0) is 16.1 Å². The van der Waals surface area contributed by atoms with Crippen molar-refractivity contribution in [3.05, 3.63) is 54.2 Å². The molecule has 2 rings (SSSR count). The van der Waals surface area contributed by atoms with Gasteiger partial charge in [-0.2, -0.15) is 0 Å². The largest absolute Gasteiger partial charge is 0.458 e. The van der Waals surface area contributed by atoms with E-state index in [1.807, 2.05) is 70.2 Å². The minimum absolute atomic E-state index is 0.119. The van der Waals surface area contributed by atoms with Gasteiger partial charge in [-0.1, -0.05) is 52.0 Å². The molecule has 0 bridgehead atoms. The van der Waals surface area contributed by atoms with Gasteiger partial charge in [-0.3, -0.25) is 4.79 Å². The van der Waals surface area contributed by atoms with E-state index in [9.17, 15) is 4.79 Å². The molecule has 134 valence electrons. The third-order valence-corrected chi connectivity index (χ3v) is 3.54. The molecule has 0 saturated carbocycles. The number of ether oxygens (including phenoxy) is 2. The van der Waals surface area contributed by atoms with Gasteiger partial charge < -0.3 is 14.8 Å². The summed E-state index contributed by atoms with van der Waals surface area (Å²) in [6, 6.07) is 14.7. The number of nitrogens with zero attached hydrogens (tertiary/aromatic N) is 1. The van der Waals surface area contributed by atoms with E-state index in [2.05, 4.69) is 10.3 Å². The average Bonchev–Trinajstić information content (AvgIpc) is 2.58. The standard InChI is InChI=1S/C20H26N2O3/c1-14(2)19(21-15(3)4)20(23)24-13-16-9-8-12-18(22-16)25-17-10-6-5-7-11-17/h5-12,14-15,19,21H,13H2,1-4H3. The SMILES string of the molecule is CC(C)NC(C(=O)OCc1cccc(Oc2ccccc2)n1)C(C)C. The Kier molecular flexibility index (Phi) is 6.95. The molecule has 1 unspecified atom stereocenters. The number of para-hydroxylation sites is 1. The molecule has 1 atom stereocenters. The van der Waals surface area contributed by atoms with Crippen LogP contribution in [0.1, 0.15) is 33.4 Å². The van der Waals surface area contributed by atoms with Crippen molar-refractivity contribution >= 4 is 5.97 Å². The van der Waals surface area contributed by atoms with Gasteiger partial charge in [0, 0.05) is 12.1 Å². The fourth-order valence-electron chi connectivity index (χ4n) is 2.33. The molecule has 25 heavy (non-hydrogen) atoms. The van der Waals surface area contributed by atoms with Gasteiger partial charge in [0.15, 0.2) is 0 Å². The number of carbonyl (C=O) groups excluding carboxylic acids is 1. The van der Waals surface area contributed by atoms with Crippen LogP contribution >= 0.6 is 0 Å². The second-order valence-electron chi connectivity index (χ2n) is 6.53. The molecule has 5 nitrogen and oxygen atoms in total. The lowest BCUT2D eigenvalue weighted by Gasteiger charge is -2.23. The number of carbonyl (C=O) groups is 1. The van der Waals surface area contributed by atoms with E-state index in [0.29, 0.717) is 17.3 Å². The van der Waals surface area contributed by atoms with E-state index < -0.39 is 0 Å². The summed E-state index contributed by atoms with van der Waals surface area (Å²) in [6.07, 6.45) is 0. The Morgan fingerprint density at radius 1 is 1.04 bits per heavy atom. The molecule has 1 aromatic heterocycles. The molecule has 1 N–H and O–H groups in total. The quantitative estimate of drug-likeness (QED) is 0.736. The molecule has 0 amide bonds. The molecule has 0 radical (unpaired) electrons. The summed E-state index contributed by atoms with van der Waals surface area (Å²) in [7, 11) is 0. The van der Waals surface area contributed by atoms with Crippen LogP contribution in [0, 0.1) is 5.92 Å². The van der Waals surface area contributed by atoms with Crippen LogP contribution in [0.25, 0.3) is 0 Å². The van der Waals surface area contributed by atoms with Gasteiger partial charge in [-0.15, -0.1) is 0 Å². The van der Waals surface area contributed by atoms with Crippen molar-refractivity contribution in [3.63, 3.8) is 0 Å². The van der Waals surface area contributed by atoms with Crippen LogP contribution in [0.3, 0.4) is 0 Å². The highest BCUT2D eigenvalue weighted by Gasteiger charge is 2.24. The number of benzene rings is 1. The first-order valence-electron chi connectivity index (χ1n) is 8.57. The van der Waals surface area contributed by atoms with Crippen LogP contribution in [-0.4, -0.2) is 23.0 Å². The number of aromatic nitrogens is 1. The van der Waals surface area contributed by atoms with Gasteiger partial charge in [0.05, 0.1) is 5.69 Å². The van der Waals surface area contributed by atoms with Gasteiger partial charge in [0.1, 0.15) is 18.4 Å². The van der Waals surface area contributed by atoms with Crippen LogP contribution in [0.2, 0.25) is 0 Å². The lowest BCUT2D eigenvalue weighted by Crippen LogP contribution is -2.45. The number of pyridine rings is 1. The minimum atomic E-state index is -0.330. The highest BCUT2D eigenvalue weighted by molar-refractivity contribution is 5.76. The van der Waals surface area contributed by atoms with Crippen molar-refractivity contribution in [3.8, 4) is 11.6 Å². The van der Waals surface area contributed by atoms with Crippen molar-refractivity contribution < 1.29 is 14.3 Å². The average molecular weight is 342 g/mol. The highest BCUT2D eigenvalue weighted by atomic mass is 16.5. The van der Waals surface area contributed by atoms with E-state index >= 15 is 0 Å². The normalized spacial score (nSPS) is 12.2. The Morgan fingerprint density at radius 2 is 1.76 bits per heavy atom. The second kappa shape index (κ2) is 9.18. The summed E-state index contributed by atoms with van der Waals surface area (Å²) in [6.45, 7) is 8.12. The topological polar surface area (TPSA) is 60.5 Å². The molecule has 0 saturated heterocycles. The Hall–Kier alpha value is -2.40. The molecule has 5 heteroatoms. The molecule has 0 aliphatic carbocycles. The summed E-state index contributed by atoms with van der Waals surface area (Å²) in [4.78, 5) is 16.7. The molecule has 1 aromatic carbocycles. The maximum atomic E-state index is 12.3. The number of rotatable bonds is 8. The summed E-state index contributed by atoms with van der Waals surface area (Å²) in [5.74, 6) is 1.07. The van der Waals surface area contributed by atoms with Crippen LogP contribution < -0.4 is 10.1 Å². The zero-order chi connectivity index (χ0) is 18.2. The van der Waals surface area contributed by atoms with Crippen molar-refractivity contribution in [1.82, 2.24) is 10.3 Å². The van der Waals surface area contributed by atoms with Crippen molar-refractivity contribution in [2.75, 3.05) is 0 Å². The zero-order valence-corrected chi connectivity index (χ0v) is 15.2. The first kappa shape index (κ1) is 18.9. The van der Waals surface area contributed by atoms with E-state index in [1.54, 1.807) is 6.07 Å². The summed E-state index contributed by atoms with van der Waals surface area (Å²) >= 11 is 0. The minimum Gasteiger partial charge on any atom is -0.458 e. The molecule has 2 aromatic rings. The lowest BCUT2D eigenvalue weighted by molar-refractivity contribution is -0.149. The molecule has 1 heterocycles. The summed E-state index contributed by atoms with van der Waals surface area (Å²) in [5.41, 5.74) is 0.647. The third-order valence-electron chi connectivity index (χ3n) is 3.54. The molecule has 0 aliphatic rings. The van der Waals surface area contributed by atoms with E-state index in [0.717, 1.165) is 0 Å². The monoisotopic (exact) mass is 342 g/mol. The fraction of sp³-hybridized carbons (Fsp3) is 0.400. The Bertz CT molecular complexity index is 672. The predicted octanol–water partition coefficient (Wildman–Crippen LogP) is 3.94. The molecule has 0 aliphatic heterocycles. The summed E-state index contributed by atoms with van der Waals surface area (Å²) < 4.78 is 11.1. The molecular formula is C20H26N2O3. The molecular weight excluding hydrogens is 316 g/mol. The van der Waals surface area contributed by atoms with Gasteiger partial charge >= 0.3 is 5.97 Å². The number of hydrogen-bond acceptors (Lipinski definition) is 5. The lowest BCUT2D eigenvalue weighted by atomic mass is 10.0. The van der Waals surface area contributed by atoms with Crippen LogP contribution in [0.4, 0.5) is 0 Å². The first-order valence-corrected chi connectivity index (χ1v) is 8.57. The van der Waals surface area contributed by atoms with E-state index in [4.69, 9.17) is 9.47 Å². The second-order valence-corrected chi connectivity index (χ2v) is 6.53. The summed E-state index contributed by atoms with van der Waals surface area (Å²) in [5, 5.41) is 3.24. The fourth-order valence-corrected chi connectivity index (χ4v) is 2.33. The van der Waals surface area contributed by atoms with Gasteiger partial charge in [0.2, 0.25) is 5.88 Å². The van der Waals surface area contributed by atoms with Crippen molar-refractivity contribution in [2.45, 2.75) is 46.4 Å². The maximum Gasteiger partial charge on any atom is 0.323 e. The van der Waals surface area contributed by atoms with E-state index in [1.165, 1.54) is 0 Å². The van der Waals surface area contributed by atoms with Gasteiger partial charge in [-0.05, 0) is 24.1 Å². The van der Waals surface area contributed by atoms with E-state index in [-0.39, 0.29) is 30.6 Å². The number of hydrogen-bond donors (Lipinski definition) is 1. The van der Waals surface area contributed by atoms with Crippen LogP contribution in [0.15, 0.2) is 48.5 Å². The Balaban J connectivity index is 1.96. The highest BCUT2D eigenvalue weighted by Crippen LogP contribution is 2.19. The Labute approximate surface area is 149 Å². The first-order chi connectivity index (χ1) is 12.0. The van der Waals surface area contributed by atoms with Crippen molar-refractivity contribution in [2.24, 2.45) is 5.92 Å². The smallest absolute Gasteiger partial charge is 0.323 e. The number of esters is 1. The zero-order valence-electron chi connectivity index (χ0n) is 15.2. The number of nitrogens with one attached hydrogen (secondary N) is 1. The van der Waals surface area contributed by atoms with Gasteiger partial charge in [-0.25, -0.2) is 4.98 Å². The molecule has 0 fully saturated rings. The Morgan fingerprint density at radius 3 is 2.40 bits per heavy atom. The third kappa shape index (κ3) is 6.19. The van der Waals surface area contributed by atoms with Crippen molar-refractivity contribution in [1.29, 1.82) is 0 Å². The van der Waals surface area contributed by atoms with Crippen LogP contribution in [0.5, 0.6) is 11.6 Å². The van der Waals surface area contributed by atoms with Gasteiger partial charge in [0.25, 0.3) is 0 Å². The molecule has 0 spiro atoms. The predicted molar refractivity (Wildman–Crippen MR) is 97.4 cm³/mol.